The highest BCUT2D eigenvalue weighted by atomic mass is 16.3. The van der Waals surface area contributed by atoms with Gasteiger partial charge < -0.3 is 9.73 Å². The van der Waals surface area contributed by atoms with Crippen molar-refractivity contribution >= 4 is 5.91 Å². The van der Waals surface area contributed by atoms with Gasteiger partial charge in [-0.15, -0.1) is 0 Å². The number of amides is 1. The fourth-order valence-electron chi connectivity index (χ4n) is 1.56. The third-order valence-electron chi connectivity index (χ3n) is 2.42. The zero-order valence-electron chi connectivity index (χ0n) is 9.93. The molecular formula is C12H15N3O2. The Morgan fingerprint density at radius 2 is 2.41 bits per heavy atom. The number of hydrogen-bond acceptors (Lipinski definition) is 3. The molecule has 0 bridgehead atoms. The molecule has 1 N–H and O–H groups in total. The summed E-state index contributed by atoms with van der Waals surface area (Å²) in [5.41, 5.74) is 1.20. The Kier molecular flexibility index (Phi) is 3.27. The van der Waals surface area contributed by atoms with Gasteiger partial charge in [-0.2, -0.15) is 5.10 Å². The van der Waals surface area contributed by atoms with Crippen LogP contribution in [-0.4, -0.2) is 22.2 Å². The molecule has 0 spiro atoms. The lowest BCUT2D eigenvalue weighted by Gasteiger charge is -1.98. The molecule has 5 heteroatoms. The van der Waals surface area contributed by atoms with Crippen LogP contribution in [0.4, 0.5) is 0 Å². The van der Waals surface area contributed by atoms with E-state index in [1.54, 1.807) is 30.1 Å². The summed E-state index contributed by atoms with van der Waals surface area (Å²) in [6.45, 7) is 2.67. The van der Waals surface area contributed by atoms with Gasteiger partial charge in [-0.1, -0.05) is 6.92 Å². The maximum Gasteiger partial charge on any atom is 0.271 e. The number of aromatic nitrogens is 2. The first-order valence-corrected chi connectivity index (χ1v) is 5.58. The van der Waals surface area contributed by atoms with Crippen molar-refractivity contribution in [2.24, 2.45) is 7.05 Å². The molecule has 2 aromatic rings. The van der Waals surface area contributed by atoms with Crippen LogP contribution in [0.3, 0.4) is 0 Å². The number of nitrogens with zero attached hydrogens (tertiary/aromatic N) is 2. The van der Waals surface area contributed by atoms with E-state index >= 15 is 0 Å². The fraction of sp³-hybridized carbons (Fsp3) is 0.333. The van der Waals surface area contributed by atoms with Gasteiger partial charge in [-0.3, -0.25) is 9.48 Å². The standard InChI is InChI=1S/C12H15N3O2/c1-3-6-13-12(16)9-8-10(15(2)14-9)11-5-4-7-17-11/h4-5,7-8H,3,6H2,1-2H3,(H,13,16). The van der Waals surface area contributed by atoms with Crippen LogP contribution in [0.5, 0.6) is 0 Å². The minimum Gasteiger partial charge on any atom is -0.463 e. The zero-order chi connectivity index (χ0) is 12.3. The number of carbonyl (C=O) groups is 1. The first kappa shape index (κ1) is 11.4. The SMILES string of the molecule is CCCNC(=O)c1cc(-c2ccco2)n(C)n1. The van der Waals surface area contributed by atoms with Gasteiger partial charge in [0.2, 0.25) is 0 Å². The van der Waals surface area contributed by atoms with Crippen molar-refractivity contribution in [3.8, 4) is 11.5 Å². The maximum absolute atomic E-state index is 11.7. The van der Waals surface area contributed by atoms with Crippen LogP contribution in [0, 0.1) is 0 Å². The zero-order valence-corrected chi connectivity index (χ0v) is 9.93. The van der Waals surface area contributed by atoms with Crippen LogP contribution in [0.15, 0.2) is 28.9 Å². The lowest BCUT2D eigenvalue weighted by molar-refractivity contribution is 0.0948. The predicted octanol–water partition coefficient (Wildman–Crippen LogP) is 1.82. The van der Waals surface area contributed by atoms with Crippen LogP contribution < -0.4 is 5.32 Å². The summed E-state index contributed by atoms with van der Waals surface area (Å²) < 4.78 is 6.92. The molecule has 90 valence electrons. The smallest absolute Gasteiger partial charge is 0.271 e. The van der Waals surface area contributed by atoms with Crippen molar-refractivity contribution < 1.29 is 9.21 Å². The molecule has 2 heterocycles. The Hall–Kier alpha value is -2.04. The molecule has 1 amide bonds. The largest absolute Gasteiger partial charge is 0.463 e. The summed E-state index contributed by atoms with van der Waals surface area (Å²) in [5, 5.41) is 6.95. The van der Waals surface area contributed by atoms with Crippen LogP contribution in [0.1, 0.15) is 23.8 Å². The molecule has 2 aromatic heterocycles. The molecular weight excluding hydrogens is 218 g/mol. The number of aryl methyl sites for hydroxylation is 1. The highest BCUT2D eigenvalue weighted by Gasteiger charge is 2.14. The third-order valence-corrected chi connectivity index (χ3v) is 2.42. The van der Waals surface area contributed by atoms with E-state index < -0.39 is 0 Å². The molecule has 0 atom stereocenters. The highest BCUT2D eigenvalue weighted by molar-refractivity contribution is 5.93. The Bertz CT molecular complexity index is 500. The summed E-state index contributed by atoms with van der Waals surface area (Å²) in [6.07, 6.45) is 2.50. The van der Waals surface area contributed by atoms with Gasteiger partial charge >= 0.3 is 0 Å². The molecule has 0 aliphatic carbocycles. The Balaban J connectivity index is 2.22. The minimum atomic E-state index is -0.153. The van der Waals surface area contributed by atoms with Gasteiger partial charge in [0.1, 0.15) is 5.69 Å². The van der Waals surface area contributed by atoms with Gasteiger partial charge in [0.05, 0.1) is 6.26 Å². The number of hydrogen-bond donors (Lipinski definition) is 1. The van der Waals surface area contributed by atoms with E-state index in [0.29, 0.717) is 18.0 Å². The topological polar surface area (TPSA) is 60.1 Å². The second-order valence-corrected chi connectivity index (χ2v) is 3.77. The normalized spacial score (nSPS) is 10.5. The number of carbonyl (C=O) groups excluding carboxylic acids is 1. The lowest BCUT2D eigenvalue weighted by Crippen LogP contribution is -2.24. The third kappa shape index (κ3) is 2.38. The molecule has 0 fully saturated rings. The van der Waals surface area contributed by atoms with E-state index in [1.807, 2.05) is 13.0 Å². The van der Waals surface area contributed by atoms with E-state index in [1.165, 1.54) is 0 Å². The van der Waals surface area contributed by atoms with Crippen molar-refractivity contribution in [2.45, 2.75) is 13.3 Å². The molecule has 5 nitrogen and oxygen atoms in total. The minimum absolute atomic E-state index is 0.153. The Morgan fingerprint density at radius 1 is 1.59 bits per heavy atom. The van der Waals surface area contributed by atoms with Crippen molar-refractivity contribution in [1.29, 1.82) is 0 Å². The van der Waals surface area contributed by atoms with E-state index in [4.69, 9.17) is 4.42 Å². The predicted molar refractivity (Wildman–Crippen MR) is 63.5 cm³/mol. The summed E-state index contributed by atoms with van der Waals surface area (Å²) in [7, 11) is 1.79. The quantitative estimate of drug-likeness (QED) is 0.876. The van der Waals surface area contributed by atoms with E-state index in [0.717, 1.165) is 12.1 Å². The van der Waals surface area contributed by atoms with E-state index in [-0.39, 0.29) is 5.91 Å². The second-order valence-electron chi connectivity index (χ2n) is 3.77. The van der Waals surface area contributed by atoms with Gasteiger partial charge in [0.25, 0.3) is 5.91 Å². The Morgan fingerprint density at radius 3 is 3.06 bits per heavy atom. The molecule has 0 aliphatic rings. The summed E-state index contributed by atoms with van der Waals surface area (Å²) in [5.74, 6) is 0.551. The first-order valence-electron chi connectivity index (χ1n) is 5.58. The van der Waals surface area contributed by atoms with E-state index in [2.05, 4.69) is 10.4 Å². The highest BCUT2D eigenvalue weighted by Crippen LogP contribution is 2.19. The number of nitrogens with one attached hydrogen (secondary N) is 1. The monoisotopic (exact) mass is 233 g/mol. The van der Waals surface area contributed by atoms with Crippen molar-refractivity contribution in [2.75, 3.05) is 6.54 Å². The fourth-order valence-corrected chi connectivity index (χ4v) is 1.56. The molecule has 0 saturated carbocycles. The van der Waals surface area contributed by atoms with Gasteiger partial charge in [-0.05, 0) is 18.6 Å². The first-order chi connectivity index (χ1) is 8.22. The second kappa shape index (κ2) is 4.86. The van der Waals surface area contributed by atoms with Crippen molar-refractivity contribution in [3.05, 3.63) is 30.2 Å². The molecule has 0 aliphatic heterocycles. The number of furan rings is 1. The van der Waals surface area contributed by atoms with Gasteiger partial charge in [0, 0.05) is 19.7 Å². The van der Waals surface area contributed by atoms with Gasteiger partial charge in [-0.25, -0.2) is 0 Å². The van der Waals surface area contributed by atoms with Crippen molar-refractivity contribution in [1.82, 2.24) is 15.1 Å². The van der Waals surface area contributed by atoms with Crippen LogP contribution >= 0.6 is 0 Å². The van der Waals surface area contributed by atoms with Crippen molar-refractivity contribution in [3.63, 3.8) is 0 Å². The van der Waals surface area contributed by atoms with E-state index in [9.17, 15) is 4.79 Å². The maximum atomic E-state index is 11.7. The molecule has 0 unspecified atom stereocenters. The van der Waals surface area contributed by atoms with Crippen LogP contribution in [-0.2, 0) is 7.05 Å². The average Bonchev–Trinajstić information content (AvgIpc) is 2.94. The van der Waals surface area contributed by atoms with Crippen LogP contribution in [0.2, 0.25) is 0 Å². The van der Waals surface area contributed by atoms with Crippen LogP contribution in [0.25, 0.3) is 11.5 Å². The summed E-state index contributed by atoms with van der Waals surface area (Å²) >= 11 is 0. The van der Waals surface area contributed by atoms with Gasteiger partial charge in [0.15, 0.2) is 11.5 Å². The molecule has 0 radical (unpaired) electrons. The lowest BCUT2D eigenvalue weighted by atomic mass is 10.3. The number of rotatable bonds is 4. The molecule has 0 saturated heterocycles. The average molecular weight is 233 g/mol. The summed E-state index contributed by atoms with van der Waals surface area (Å²) in [4.78, 5) is 11.7. The molecule has 17 heavy (non-hydrogen) atoms. The summed E-state index contributed by atoms with van der Waals surface area (Å²) in [6, 6.07) is 5.37. The molecule has 2 rings (SSSR count). The molecule has 0 aromatic carbocycles. The Labute approximate surface area is 99.4 Å².